The predicted molar refractivity (Wildman–Crippen MR) is 79.7 cm³/mol. The molecular formula is C16H26N2O. The van der Waals surface area contributed by atoms with Crippen LogP contribution in [0, 0.1) is 0 Å². The first kappa shape index (κ1) is 14.4. The van der Waals surface area contributed by atoms with E-state index in [-0.39, 0.29) is 0 Å². The second kappa shape index (κ2) is 7.51. The van der Waals surface area contributed by atoms with Crippen molar-refractivity contribution in [3.8, 4) is 5.75 Å². The quantitative estimate of drug-likeness (QED) is 0.883. The summed E-state index contributed by atoms with van der Waals surface area (Å²) >= 11 is 0. The number of ether oxygens (including phenoxy) is 1. The molecule has 0 aliphatic carbocycles. The normalized spacial score (nSPS) is 18.8. The molecule has 1 saturated heterocycles. The largest absolute Gasteiger partial charge is 0.494 e. The van der Waals surface area contributed by atoms with Crippen molar-refractivity contribution in [3.05, 3.63) is 29.8 Å². The first-order valence-electron chi connectivity index (χ1n) is 7.52. The Bertz CT molecular complexity index is 373. The van der Waals surface area contributed by atoms with Crippen LogP contribution in [-0.4, -0.2) is 37.7 Å². The fraction of sp³-hybridized carbons (Fsp3) is 0.625. The molecular weight excluding hydrogens is 236 g/mol. The van der Waals surface area contributed by atoms with Gasteiger partial charge in [-0.15, -0.1) is 0 Å². The lowest BCUT2D eigenvalue weighted by Crippen LogP contribution is -2.32. The van der Waals surface area contributed by atoms with Crippen LogP contribution in [0.3, 0.4) is 0 Å². The summed E-state index contributed by atoms with van der Waals surface area (Å²) in [6, 6.07) is 9.11. The molecule has 106 valence electrons. The molecule has 0 spiro atoms. The molecule has 0 aromatic heterocycles. The van der Waals surface area contributed by atoms with Gasteiger partial charge >= 0.3 is 0 Å². The highest BCUT2D eigenvalue weighted by atomic mass is 16.5. The van der Waals surface area contributed by atoms with Crippen LogP contribution in [0.4, 0.5) is 0 Å². The Balaban J connectivity index is 2.13. The molecule has 0 amide bonds. The zero-order valence-corrected chi connectivity index (χ0v) is 12.2. The van der Waals surface area contributed by atoms with Gasteiger partial charge in [-0.3, -0.25) is 4.90 Å². The fourth-order valence-electron chi connectivity index (χ4n) is 2.86. The van der Waals surface area contributed by atoms with E-state index in [2.05, 4.69) is 35.3 Å². The summed E-state index contributed by atoms with van der Waals surface area (Å²) in [4.78, 5) is 2.60. The van der Waals surface area contributed by atoms with Gasteiger partial charge in [-0.05, 0) is 44.0 Å². The maximum Gasteiger partial charge on any atom is 0.119 e. The predicted octanol–water partition coefficient (Wildman–Crippen LogP) is 2.83. The minimum atomic E-state index is 0.514. The van der Waals surface area contributed by atoms with Crippen molar-refractivity contribution in [1.82, 2.24) is 10.2 Å². The highest BCUT2D eigenvalue weighted by Gasteiger charge is 2.19. The molecule has 1 aromatic rings. The van der Waals surface area contributed by atoms with Gasteiger partial charge in [0.15, 0.2) is 0 Å². The smallest absolute Gasteiger partial charge is 0.119 e. The van der Waals surface area contributed by atoms with E-state index >= 15 is 0 Å². The van der Waals surface area contributed by atoms with Crippen LogP contribution in [0.2, 0.25) is 0 Å². The number of nitrogens with zero attached hydrogens (tertiary/aromatic N) is 1. The van der Waals surface area contributed by atoms with Crippen molar-refractivity contribution < 1.29 is 4.74 Å². The molecule has 1 aromatic carbocycles. The van der Waals surface area contributed by atoms with E-state index in [4.69, 9.17) is 4.74 Å². The number of hydrogen-bond donors (Lipinski definition) is 1. The van der Waals surface area contributed by atoms with Crippen molar-refractivity contribution in [2.45, 2.75) is 32.7 Å². The van der Waals surface area contributed by atoms with Gasteiger partial charge in [0.2, 0.25) is 0 Å². The average Bonchev–Trinajstić information content (AvgIpc) is 2.70. The molecule has 1 atom stereocenters. The van der Waals surface area contributed by atoms with Crippen LogP contribution < -0.4 is 10.1 Å². The minimum absolute atomic E-state index is 0.514. The Morgan fingerprint density at radius 1 is 1.26 bits per heavy atom. The van der Waals surface area contributed by atoms with E-state index in [1.54, 1.807) is 0 Å². The Morgan fingerprint density at radius 3 is 2.95 bits per heavy atom. The molecule has 1 aliphatic rings. The second-order valence-electron chi connectivity index (χ2n) is 5.07. The molecule has 2 rings (SSSR count). The lowest BCUT2D eigenvalue weighted by Gasteiger charge is -2.30. The van der Waals surface area contributed by atoms with Crippen molar-refractivity contribution in [2.24, 2.45) is 0 Å². The molecule has 1 heterocycles. The van der Waals surface area contributed by atoms with Gasteiger partial charge in [-0.2, -0.15) is 0 Å². The molecule has 0 radical (unpaired) electrons. The van der Waals surface area contributed by atoms with Crippen LogP contribution in [0.1, 0.15) is 38.3 Å². The standard InChI is InChI=1S/C16H26N2O/c1-3-16(18-11-6-9-17-10-12-18)14-7-5-8-15(13-14)19-4-2/h5,7-8,13,16-17H,3-4,6,9-12H2,1-2H3. The molecule has 3 heteroatoms. The summed E-state index contributed by atoms with van der Waals surface area (Å²) in [5, 5.41) is 3.47. The first-order chi connectivity index (χ1) is 9.35. The number of nitrogens with one attached hydrogen (secondary N) is 1. The topological polar surface area (TPSA) is 24.5 Å². The zero-order chi connectivity index (χ0) is 13.5. The van der Waals surface area contributed by atoms with Crippen molar-refractivity contribution >= 4 is 0 Å². The van der Waals surface area contributed by atoms with E-state index in [1.165, 1.54) is 18.5 Å². The first-order valence-corrected chi connectivity index (χ1v) is 7.52. The molecule has 1 unspecified atom stereocenters. The summed E-state index contributed by atoms with van der Waals surface area (Å²) in [6.07, 6.45) is 2.39. The van der Waals surface area contributed by atoms with Gasteiger partial charge in [0.05, 0.1) is 6.61 Å². The maximum atomic E-state index is 5.62. The Hall–Kier alpha value is -1.06. The summed E-state index contributed by atoms with van der Waals surface area (Å²) in [6.45, 7) is 9.60. The van der Waals surface area contributed by atoms with Gasteiger partial charge in [0.1, 0.15) is 5.75 Å². The second-order valence-corrected chi connectivity index (χ2v) is 5.07. The molecule has 1 aliphatic heterocycles. The van der Waals surface area contributed by atoms with Gasteiger partial charge in [0.25, 0.3) is 0 Å². The SMILES string of the molecule is CCOc1cccc(C(CC)N2CCCNCC2)c1. The molecule has 1 N–H and O–H groups in total. The Kier molecular flexibility index (Phi) is 5.67. The van der Waals surface area contributed by atoms with E-state index in [0.717, 1.165) is 38.4 Å². The third-order valence-electron chi connectivity index (χ3n) is 3.76. The molecule has 3 nitrogen and oxygen atoms in total. The van der Waals surface area contributed by atoms with Crippen molar-refractivity contribution in [1.29, 1.82) is 0 Å². The number of benzene rings is 1. The van der Waals surface area contributed by atoms with Crippen LogP contribution in [-0.2, 0) is 0 Å². The highest BCUT2D eigenvalue weighted by molar-refractivity contribution is 5.30. The number of rotatable bonds is 5. The lowest BCUT2D eigenvalue weighted by atomic mass is 10.0. The summed E-state index contributed by atoms with van der Waals surface area (Å²) in [5.41, 5.74) is 1.38. The van der Waals surface area contributed by atoms with Gasteiger partial charge < -0.3 is 10.1 Å². The molecule has 19 heavy (non-hydrogen) atoms. The lowest BCUT2D eigenvalue weighted by molar-refractivity contribution is 0.204. The average molecular weight is 262 g/mol. The van der Waals surface area contributed by atoms with E-state index in [0.29, 0.717) is 6.04 Å². The third kappa shape index (κ3) is 3.95. The van der Waals surface area contributed by atoms with E-state index in [1.807, 2.05) is 13.0 Å². The summed E-state index contributed by atoms with van der Waals surface area (Å²) in [7, 11) is 0. The van der Waals surface area contributed by atoms with E-state index in [9.17, 15) is 0 Å². The fourth-order valence-corrected chi connectivity index (χ4v) is 2.86. The molecule has 0 saturated carbocycles. The van der Waals surface area contributed by atoms with Crippen LogP contribution in [0.15, 0.2) is 24.3 Å². The Labute approximate surface area is 116 Å². The van der Waals surface area contributed by atoms with Gasteiger partial charge in [-0.25, -0.2) is 0 Å². The van der Waals surface area contributed by atoms with Crippen molar-refractivity contribution in [2.75, 3.05) is 32.8 Å². The monoisotopic (exact) mass is 262 g/mol. The minimum Gasteiger partial charge on any atom is -0.494 e. The maximum absolute atomic E-state index is 5.62. The molecule has 1 fully saturated rings. The summed E-state index contributed by atoms with van der Waals surface area (Å²) < 4.78 is 5.62. The van der Waals surface area contributed by atoms with Gasteiger partial charge in [0, 0.05) is 25.7 Å². The van der Waals surface area contributed by atoms with Crippen LogP contribution >= 0.6 is 0 Å². The van der Waals surface area contributed by atoms with Crippen LogP contribution in [0.25, 0.3) is 0 Å². The van der Waals surface area contributed by atoms with Gasteiger partial charge in [-0.1, -0.05) is 19.1 Å². The number of hydrogen-bond acceptors (Lipinski definition) is 3. The summed E-state index contributed by atoms with van der Waals surface area (Å²) in [5.74, 6) is 0.992. The van der Waals surface area contributed by atoms with Crippen molar-refractivity contribution in [3.63, 3.8) is 0 Å². The Morgan fingerprint density at radius 2 is 2.16 bits per heavy atom. The zero-order valence-electron chi connectivity index (χ0n) is 12.2. The van der Waals surface area contributed by atoms with Crippen LogP contribution in [0.5, 0.6) is 5.75 Å². The molecule has 0 bridgehead atoms. The third-order valence-corrected chi connectivity index (χ3v) is 3.76. The van der Waals surface area contributed by atoms with E-state index < -0.39 is 0 Å². The highest BCUT2D eigenvalue weighted by Crippen LogP contribution is 2.27.